The third-order valence-electron chi connectivity index (χ3n) is 8.42. The van der Waals surface area contributed by atoms with Crippen molar-refractivity contribution in [2.75, 3.05) is 20.3 Å². The van der Waals surface area contributed by atoms with Crippen molar-refractivity contribution in [2.45, 2.75) is 65.9 Å². The molecule has 0 spiro atoms. The minimum Gasteiger partial charge on any atom is -0.489 e. The summed E-state index contributed by atoms with van der Waals surface area (Å²) in [6.45, 7) is 9.77. The van der Waals surface area contributed by atoms with Gasteiger partial charge in [-0.25, -0.2) is 4.79 Å². The lowest BCUT2D eigenvalue weighted by atomic mass is 9.63. The highest BCUT2D eigenvalue weighted by Gasteiger charge is 2.49. The number of carbonyl (C=O) groups is 3. The SMILES string of the molecule is COCCN1C2=C(C(=O)CC(C)(C)C2)C(c2cc(Br)ccc2OCc2ccc(C(=O)O)cc2)C2=C1CC(C)(C)CC2=O. The Morgan fingerprint density at radius 3 is 2.02 bits per heavy atom. The van der Waals surface area contributed by atoms with Crippen molar-refractivity contribution in [3.05, 3.63) is 86.2 Å². The van der Waals surface area contributed by atoms with Gasteiger partial charge in [0.1, 0.15) is 12.4 Å². The lowest BCUT2D eigenvalue weighted by Crippen LogP contribution is -2.45. The van der Waals surface area contributed by atoms with Gasteiger partial charge in [0.05, 0.1) is 12.2 Å². The van der Waals surface area contributed by atoms with Crippen LogP contribution in [0.2, 0.25) is 0 Å². The van der Waals surface area contributed by atoms with Crippen LogP contribution in [0.15, 0.2) is 69.5 Å². The Morgan fingerprint density at radius 2 is 1.50 bits per heavy atom. The maximum atomic E-state index is 14.1. The number of halogens is 1. The van der Waals surface area contributed by atoms with E-state index in [4.69, 9.17) is 9.47 Å². The second-order valence-corrected chi connectivity index (χ2v) is 14.1. The van der Waals surface area contributed by atoms with Gasteiger partial charge in [-0.3, -0.25) is 9.59 Å². The number of carboxylic acids is 1. The summed E-state index contributed by atoms with van der Waals surface area (Å²) < 4.78 is 12.7. The Balaban J connectivity index is 1.65. The van der Waals surface area contributed by atoms with Gasteiger partial charge in [0, 0.05) is 65.0 Å². The van der Waals surface area contributed by atoms with Gasteiger partial charge in [0.15, 0.2) is 11.6 Å². The van der Waals surface area contributed by atoms with Gasteiger partial charge in [-0.2, -0.15) is 0 Å². The highest BCUT2D eigenvalue weighted by atomic mass is 79.9. The van der Waals surface area contributed by atoms with Crippen LogP contribution >= 0.6 is 15.9 Å². The molecule has 0 aromatic heterocycles. The van der Waals surface area contributed by atoms with Gasteiger partial charge >= 0.3 is 5.97 Å². The average molecular weight is 637 g/mol. The van der Waals surface area contributed by atoms with Crippen LogP contribution in [0.3, 0.4) is 0 Å². The zero-order valence-electron chi connectivity index (χ0n) is 24.9. The molecule has 3 aliphatic rings. The van der Waals surface area contributed by atoms with Crippen molar-refractivity contribution in [1.82, 2.24) is 4.90 Å². The summed E-state index contributed by atoms with van der Waals surface area (Å²) in [5.41, 5.74) is 4.72. The van der Waals surface area contributed by atoms with E-state index in [1.807, 2.05) is 18.2 Å². The molecule has 0 radical (unpaired) electrons. The van der Waals surface area contributed by atoms with Crippen LogP contribution < -0.4 is 4.74 Å². The Kier molecular flexibility index (Phi) is 8.25. The molecule has 222 valence electrons. The highest BCUT2D eigenvalue weighted by molar-refractivity contribution is 9.10. The van der Waals surface area contributed by atoms with Gasteiger partial charge in [-0.05, 0) is 59.6 Å². The predicted octanol–water partition coefficient (Wildman–Crippen LogP) is 7.06. The number of Topliss-reactive ketones (excluding diaryl/α,β-unsaturated/α-hetero) is 2. The van der Waals surface area contributed by atoms with E-state index >= 15 is 0 Å². The number of allylic oxidation sites excluding steroid dienone is 4. The monoisotopic (exact) mass is 635 g/mol. The molecule has 1 heterocycles. The molecule has 0 atom stereocenters. The molecular formula is C34H38BrNO6. The van der Waals surface area contributed by atoms with E-state index in [9.17, 15) is 19.5 Å². The van der Waals surface area contributed by atoms with Crippen molar-refractivity contribution in [2.24, 2.45) is 10.8 Å². The van der Waals surface area contributed by atoms with Crippen LogP contribution in [0, 0.1) is 10.8 Å². The molecule has 7 nitrogen and oxygen atoms in total. The van der Waals surface area contributed by atoms with Crippen molar-refractivity contribution in [1.29, 1.82) is 0 Å². The highest BCUT2D eigenvalue weighted by Crippen LogP contribution is 2.55. The van der Waals surface area contributed by atoms with Crippen LogP contribution in [0.4, 0.5) is 0 Å². The first-order valence-electron chi connectivity index (χ1n) is 14.3. The van der Waals surface area contributed by atoms with Gasteiger partial charge in [0.25, 0.3) is 0 Å². The summed E-state index contributed by atoms with van der Waals surface area (Å²) in [5.74, 6) is -0.808. The van der Waals surface area contributed by atoms with Crippen molar-refractivity contribution >= 4 is 33.5 Å². The number of carboxylic acid groups (broad SMARTS) is 1. The second-order valence-electron chi connectivity index (χ2n) is 13.2. The van der Waals surface area contributed by atoms with E-state index in [0.29, 0.717) is 42.9 Å². The van der Waals surface area contributed by atoms with Crippen molar-refractivity contribution < 1.29 is 29.0 Å². The third-order valence-corrected chi connectivity index (χ3v) is 8.91. The number of hydrogen-bond donors (Lipinski definition) is 1. The second kappa shape index (κ2) is 11.5. The molecule has 2 aromatic carbocycles. The molecule has 0 bridgehead atoms. The summed E-state index contributed by atoms with van der Waals surface area (Å²) >= 11 is 3.63. The molecule has 1 aliphatic heterocycles. The zero-order chi connectivity index (χ0) is 30.4. The molecule has 0 saturated carbocycles. The van der Waals surface area contributed by atoms with E-state index in [1.54, 1.807) is 31.4 Å². The minimum absolute atomic E-state index is 0.0630. The molecule has 5 rings (SSSR count). The molecule has 2 aromatic rings. The zero-order valence-corrected chi connectivity index (χ0v) is 26.5. The number of hydrogen-bond acceptors (Lipinski definition) is 6. The first-order chi connectivity index (χ1) is 19.8. The molecule has 42 heavy (non-hydrogen) atoms. The van der Waals surface area contributed by atoms with Crippen molar-refractivity contribution in [3.63, 3.8) is 0 Å². The summed E-state index contributed by atoms with van der Waals surface area (Å²) in [4.78, 5) is 41.6. The normalized spacial score (nSPS) is 20.0. The minimum atomic E-state index is -0.983. The standard InChI is InChI=1S/C34H38BrNO6/c1-33(2)15-24-30(26(37)17-33)29(31-25(36(24)12-13-41-5)16-34(3,4)18-27(31)38)23-14-22(35)10-11-28(23)42-19-20-6-8-21(9-7-20)32(39)40/h6-11,14,29H,12-13,15-19H2,1-5H3,(H,39,40). The first kappa shape index (κ1) is 30.2. The van der Waals surface area contributed by atoms with Crippen LogP contribution in [-0.2, 0) is 20.9 Å². The van der Waals surface area contributed by atoms with E-state index < -0.39 is 11.9 Å². The number of nitrogens with zero attached hydrogens (tertiary/aromatic N) is 1. The predicted molar refractivity (Wildman–Crippen MR) is 163 cm³/mol. The molecule has 0 fully saturated rings. The smallest absolute Gasteiger partial charge is 0.335 e. The average Bonchev–Trinajstić information content (AvgIpc) is 2.89. The largest absolute Gasteiger partial charge is 0.489 e. The number of aromatic carboxylic acids is 1. The molecular weight excluding hydrogens is 598 g/mol. The molecule has 1 N–H and O–H groups in total. The third kappa shape index (κ3) is 5.97. The number of methoxy groups -OCH3 is 1. The van der Waals surface area contributed by atoms with Crippen LogP contribution in [0.25, 0.3) is 0 Å². The topological polar surface area (TPSA) is 93.1 Å². The van der Waals surface area contributed by atoms with Gasteiger partial charge < -0.3 is 19.5 Å². The van der Waals surface area contributed by atoms with Crippen molar-refractivity contribution in [3.8, 4) is 5.75 Å². The first-order valence-corrected chi connectivity index (χ1v) is 15.1. The fraction of sp³-hybridized carbons (Fsp3) is 0.441. The molecule has 0 unspecified atom stereocenters. The Labute approximate surface area is 255 Å². The Bertz CT molecular complexity index is 1450. The number of rotatable bonds is 8. The fourth-order valence-electron chi connectivity index (χ4n) is 6.59. The van der Waals surface area contributed by atoms with Gasteiger partial charge in [-0.15, -0.1) is 0 Å². The number of benzene rings is 2. The van der Waals surface area contributed by atoms with E-state index in [-0.39, 0.29) is 34.6 Å². The molecule has 0 amide bonds. The van der Waals surface area contributed by atoms with E-state index in [0.717, 1.165) is 39.8 Å². The summed E-state index contributed by atoms with van der Waals surface area (Å²) in [6, 6.07) is 12.3. The van der Waals surface area contributed by atoms with Crippen LogP contribution in [0.1, 0.15) is 80.8 Å². The molecule has 8 heteroatoms. The Morgan fingerprint density at radius 1 is 0.929 bits per heavy atom. The maximum Gasteiger partial charge on any atom is 0.335 e. The summed E-state index contributed by atoms with van der Waals surface area (Å²) in [7, 11) is 1.67. The number of ether oxygens (including phenoxy) is 2. The fourth-order valence-corrected chi connectivity index (χ4v) is 6.97. The summed E-state index contributed by atoms with van der Waals surface area (Å²) in [5, 5.41) is 9.24. The molecule has 0 saturated heterocycles. The lowest BCUT2D eigenvalue weighted by Gasteiger charge is -2.49. The quantitative estimate of drug-likeness (QED) is 0.332. The van der Waals surface area contributed by atoms with E-state index in [2.05, 4.69) is 48.5 Å². The van der Waals surface area contributed by atoms with E-state index in [1.165, 1.54) is 0 Å². The molecule has 2 aliphatic carbocycles. The van der Waals surface area contributed by atoms with Gasteiger partial charge in [-0.1, -0.05) is 55.8 Å². The van der Waals surface area contributed by atoms with Crippen LogP contribution in [-0.4, -0.2) is 47.8 Å². The number of ketones is 2. The Hall–Kier alpha value is -3.23. The summed E-state index contributed by atoms with van der Waals surface area (Å²) in [6.07, 6.45) is 2.26. The lowest BCUT2D eigenvalue weighted by molar-refractivity contribution is -0.119. The van der Waals surface area contributed by atoms with Crippen LogP contribution in [0.5, 0.6) is 5.75 Å². The number of carbonyl (C=O) groups excluding carboxylic acids is 2. The maximum absolute atomic E-state index is 14.1. The van der Waals surface area contributed by atoms with Gasteiger partial charge in [0.2, 0.25) is 0 Å².